The Bertz CT molecular complexity index is 641. The van der Waals surface area contributed by atoms with E-state index in [0.29, 0.717) is 12.5 Å². The highest BCUT2D eigenvalue weighted by atomic mass is 35.7. The lowest BCUT2D eigenvalue weighted by Gasteiger charge is -2.20. The fourth-order valence-corrected chi connectivity index (χ4v) is 4.43. The molecule has 2 aliphatic rings. The van der Waals surface area contributed by atoms with Gasteiger partial charge in [0, 0.05) is 23.1 Å². The summed E-state index contributed by atoms with van der Waals surface area (Å²) in [6, 6.07) is 6.27. The third-order valence-corrected chi connectivity index (χ3v) is 6.12. The molecule has 0 heterocycles. The van der Waals surface area contributed by atoms with Gasteiger partial charge in [0.1, 0.15) is 0 Å². The van der Waals surface area contributed by atoms with Crippen molar-refractivity contribution in [2.24, 2.45) is 17.8 Å². The number of carbonyl (C=O) groups is 1. The van der Waals surface area contributed by atoms with Gasteiger partial charge in [0.2, 0.25) is 5.91 Å². The van der Waals surface area contributed by atoms with E-state index in [0.717, 1.165) is 17.9 Å². The topological polar surface area (TPSA) is 63.2 Å². The first-order valence-electron chi connectivity index (χ1n) is 7.25. The van der Waals surface area contributed by atoms with Gasteiger partial charge >= 0.3 is 0 Å². The molecular formula is C15H18ClNO3S. The molecule has 114 valence electrons. The van der Waals surface area contributed by atoms with Crippen molar-refractivity contribution in [1.82, 2.24) is 5.32 Å². The molecule has 2 fully saturated rings. The zero-order valence-electron chi connectivity index (χ0n) is 11.6. The van der Waals surface area contributed by atoms with E-state index in [4.69, 9.17) is 10.7 Å². The van der Waals surface area contributed by atoms with Gasteiger partial charge in [-0.25, -0.2) is 8.42 Å². The highest BCUT2D eigenvalue weighted by Crippen LogP contribution is 2.48. The van der Waals surface area contributed by atoms with Crippen molar-refractivity contribution in [3.8, 4) is 0 Å². The normalized spacial score (nSPS) is 27.8. The molecule has 3 atom stereocenters. The van der Waals surface area contributed by atoms with Gasteiger partial charge in [-0.3, -0.25) is 4.79 Å². The van der Waals surface area contributed by atoms with Crippen LogP contribution in [0.2, 0.25) is 0 Å². The standard InChI is InChI=1S/C15H18ClNO3S/c16-21(19,20)13-5-2-10(3-6-13)9-17-15(18)14-8-11-1-4-12(14)7-11/h2-3,5-6,11-12,14H,1,4,7-9H2,(H,17,18). The Hall–Kier alpha value is -1.07. The van der Waals surface area contributed by atoms with Crippen molar-refractivity contribution in [3.05, 3.63) is 29.8 Å². The van der Waals surface area contributed by atoms with Crippen LogP contribution in [0.25, 0.3) is 0 Å². The molecule has 2 bridgehead atoms. The Labute approximate surface area is 129 Å². The number of carbonyl (C=O) groups excluding carboxylic acids is 1. The third kappa shape index (κ3) is 3.24. The maximum atomic E-state index is 12.2. The summed E-state index contributed by atoms with van der Waals surface area (Å²) in [7, 11) is 1.58. The van der Waals surface area contributed by atoms with Crippen molar-refractivity contribution < 1.29 is 13.2 Å². The summed E-state index contributed by atoms with van der Waals surface area (Å²) >= 11 is 0. The van der Waals surface area contributed by atoms with Crippen LogP contribution in [0.3, 0.4) is 0 Å². The summed E-state index contributed by atoms with van der Waals surface area (Å²) in [4.78, 5) is 12.3. The van der Waals surface area contributed by atoms with Crippen LogP contribution in [0.5, 0.6) is 0 Å². The van der Waals surface area contributed by atoms with Crippen molar-refractivity contribution in [1.29, 1.82) is 0 Å². The van der Waals surface area contributed by atoms with Gasteiger partial charge in [-0.2, -0.15) is 0 Å². The minimum absolute atomic E-state index is 0.0762. The number of benzene rings is 1. The van der Waals surface area contributed by atoms with Crippen molar-refractivity contribution >= 4 is 25.6 Å². The summed E-state index contributed by atoms with van der Waals surface area (Å²) in [6.07, 6.45) is 4.70. The molecule has 3 rings (SSSR count). The van der Waals surface area contributed by atoms with Crippen molar-refractivity contribution in [3.63, 3.8) is 0 Å². The van der Waals surface area contributed by atoms with Crippen LogP contribution in [-0.2, 0) is 20.4 Å². The number of halogens is 1. The van der Waals surface area contributed by atoms with E-state index in [2.05, 4.69) is 5.32 Å². The van der Waals surface area contributed by atoms with E-state index < -0.39 is 9.05 Å². The first-order chi connectivity index (χ1) is 9.93. The smallest absolute Gasteiger partial charge is 0.261 e. The van der Waals surface area contributed by atoms with Gasteiger partial charge in [-0.15, -0.1) is 0 Å². The molecule has 0 saturated heterocycles. The van der Waals surface area contributed by atoms with Crippen LogP contribution in [0, 0.1) is 17.8 Å². The van der Waals surface area contributed by atoms with Crippen LogP contribution in [0.4, 0.5) is 0 Å². The predicted molar refractivity (Wildman–Crippen MR) is 80.3 cm³/mol. The third-order valence-electron chi connectivity index (χ3n) is 4.75. The van der Waals surface area contributed by atoms with E-state index in [-0.39, 0.29) is 16.7 Å². The Balaban J connectivity index is 1.56. The average molecular weight is 328 g/mol. The minimum atomic E-state index is -3.68. The second kappa shape index (κ2) is 5.61. The number of nitrogens with one attached hydrogen (secondary N) is 1. The van der Waals surface area contributed by atoms with Gasteiger partial charge < -0.3 is 5.32 Å². The molecule has 1 N–H and O–H groups in total. The minimum Gasteiger partial charge on any atom is -0.352 e. The van der Waals surface area contributed by atoms with Crippen LogP contribution in [0.15, 0.2) is 29.2 Å². The maximum absolute atomic E-state index is 12.2. The average Bonchev–Trinajstić information content (AvgIpc) is 3.07. The fourth-order valence-electron chi connectivity index (χ4n) is 3.66. The fraction of sp³-hybridized carbons (Fsp3) is 0.533. The molecule has 1 amide bonds. The van der Waals surface area contributed by atoms with E-state index in [1.165, 1.54) is 31.4 Å². The van der Waals surface area contributed by atoms with Crippen LogP contribution < -0.4 is 5.32 Å². The summed E-state index contributed by atoms with van der Waals surface area (Å²) in [5.74, 6) is 1.63. The van der Waals surface area contributed by atoms with E-state index in [1.54, 1.807) is 12.1 Å². The largest absolute Gasteiger partial charge is 0.352 e. The zero-order valence-corrected chi connectivity index (χ0v) is 13.2. The van der Waals surface area contributed by atoms with Gasteiger partial charge in [-0.05, 0) is 48.8 Å². The molecule has 1 aromatic rings. The number of rotatable bonds is 4. The van der Waals surface area contributed by atoms with E-state index in [1.807, 2.05) is 0 Å². The molecule has 3 unspecified atom stereocenters. The van der Waals surface area contributed by atoms with Gasteiger partial charge in [0.05, 0.1) is 4.90 Å². The van der Waals surface area contributed by atoms with Crippen LogP contribution in [0.1, 0.15) is 31.2 Å². The van der Waals surface area contributed by atoms with Crippen LogP contribution >= 0.6 is 10.7 Å². The monoisotopic (exact) mass is 327 g/mol. The van der Waals surface area contributed by atoms with Crippen LogP contribution in [-0.4, -0.2) is 14.3 Å². The number of hydrogen-bond acceptors (Lipinski definition) is 3. The van der Waals surface area contributed by atoms with Crippen molar-refractivity contribution in [2.75, 3.05) is 0 Å². The summed E-state index contributed by atoms with van der Waals surface area (Å²) in [5, 5.41) is 2.96. The van der Waals surface area contributed by atoms with E-state index >= 15 is 0 Å². The highest BCUT2D eigenvalue weighted by molar-refractivity contribution is 8.13. The molecule has 0 aliphatic heterocycles. The quantitative estimate of drug-likeness (QED) is 0.865. The maximum Gasteiger partial charge on any atom is 0.261 e. The molecule has 0 aromatic heterocycles. The van der Waals surface area contributed by atoms with E-state index in [9.17, 15) is 13.2 Å². The lowest BCUT2D eigenvalue weighted by Crippen LogP contribution is -2.33. The highest BCUT2D eigenvalue weighted by Gasteiger charge is 2.42. The lowest BCUT2D eigenvalue weighted by molar-refractivity contribution is -0.126. The number of amides is 1. The lowest BCUT2D eigenvalue weighted by atomic mass is 9.88. The first-order valence-corrected chi connectivity index (χ1v) is 9.56. The summed E-state index contributed by atoms with van der Waals surface area (Å²) in [6.45, 7) is 0.426. The molecule has 0 spiro atoms. The second-order valence-corrected chi connectivity index (χ2v) is 8.65. The Morgan fingerprint density at radius 1 is 1.19 bits per heavy atom. The first kappa shape index (κ1) is 14.9. The molecule has 21 heavy (non-hydrogen) atoms. The molecule has 6 heteroatoms. The van der Waals surface area contributed by atoms with Gasteiger partial charge in [0.25, 0.3) is 9.05 Å². The molecule has 4 nitrogen and oxygen atoms in total. The van der Waals surface area contributed by atoms with Crippen molar-refractivity contribution in [2.45, 2.75) is 37.1 Å². The summed E-state index contributed by atoms with van der Waals surface area (Å²) < 4.78 is 22.3. The Kier molecular flexibility index (Phi) is 3.97. The number of fused-ring (bicyclic) bond motifs is 2. The molecule has 2 aliphatic carbocycles. The second-order valence-electron chi connectivity index (χ2n) is 6.08. The SMILES string of the molecule is O=C(NCc1ccc(S(=O)(=O)Cl)cc1)C1CC2CCC1C2. The Morgan fingerprint density at radius 2 is 1.90 bits per heavy atom. The zero-order chi connectivity index (χ0) is 15.0. The van der Waals surface area contributed by atoms with Gasteiger partial charge in [-0.1, -0.05) is 18.6 Å². The summed E-state index contributed by atoms with van der Waals surface area (Å²) in [5.41, 5.74) is 0.871. The molecule has 1 aromatic carbocycles. The number of hydrogen-bond donors (Lipinski definition) is 1. The molecular weight excluding hydrogens is 310 g/mol. The Morgan fingerprint density at radius 3 is 2.43 bits per heavy atom. The predicted octanol–water partition coefficient (Wildman–Crippen LogP) is 2.67. The molecule has 2 saturated carbocycles. The van der Waals surface area contributed by atoms with Gasteiger partial charge in [0.15, 0.2) is 0 Å². The molecule has 0 radical (unpaired) electrons.